The van der Waals surface area contributed by atoms with E-state index in [0.717, 1.165) is 19.3 Å². The van der Waals surface area contributed by atoms with Gasteiger partial charge in [-0.3, -0.25) is 0 Å². The van der Waals surface area contributed by atoms with Gasteiger partial charge < -0.3 is 14.9 Å². The lowest BCUT2D eigenvalue weighted by molar-refractivity contribution is 0.190. The van der Waals surface area contributed by atoms with E-state index in [1.165, 1.54) is 18.2 Å². The lowest BCUT2D eigenvalue weighted by atomic mass is 10.1. The third kappa shape index (κ3) is 4.71. The van der Waals surface area contributed by atoms with Crippen LogP contribution >= 0.6 is 0 Å². The molecule has 0 amide bonds. The molecule has 4 heteroatoms. The largest absolute Gasteiger partial charge is 0.493 e. The van der Waals surface area contributed by atoms with Gasteiger partial charge in [0.1, 0.15) is 11.6 Å². The van der Waals surface area contributed by atoms with Crippen molar-refractivity contribution in [2.75, 3.05) is 13.2 Å². The van der Waals surface area contributed by atoms with Gasteiger partial charge in [0.25, 0.3) is 0 Å². The lowest BCUT2D eigenvalue weighted by Gasteiger charge is -2.13. The zero-order chi connectivity index (χ0) is 12.7. The van der Waals surface area contributed by atoms with Crippen molar-refractivity contribution in [1.29, 1.82) is 0 Å². The van der Waals surface area contributed by atoms with Crippen LogP contribution in [0.4, 0.5) is 4.39 Å². The minimum absolute atomic E-state index is 0.190. The van der Waals surface area contributed by atoms with Crippen molar-refractivity contribution in [3.63, 3.8) is 0 Å². The SMILES string of the molecule is C[C@H](O)c1cc(F)ccc1OCCCCCO. The molecule has 0 spiro atoms. The van der Waals surface area contributed by atoms with Crippen LogP contribution in [0, 0.1) is 5.82 Å². The molecule has 1 rings (SSSR count). The molecule has 0 fully saturated rings. The highest BCUT2D eigenvalue weighted by Crippen LogP contribution is 2.26. The second-order valence-electron chi connectivity index (χ2n) is 3.99. The molecule has 0 aromatic heterocycles. The topological polar surface area (TPSA) is 49.7 Å². The smallest absolute Gasteiger partial charge is 0.125 e. The summed E-state index contributed by atoms with van der Waals surface area (Å²) in [5.74, 6) is 0.138. The van der Waals surface area contributed by atoms with Gasteiger partial charge in [-0.2, -0.15) is 0 Å². The van der Waals surface area contributed by atoms with Crippen LogP contribution in [-0.4, -0.2) is 23.4 Å². The van der Waals surface area contributed by atoms with E-state index < -0.39 is 6.10 Å². The van der Waals surface area contributed by atoms with Gasteiger partial charge in [0, 0.05) is 12.2 Å². The summed E-state index contributed by atoms with van der Waals surface area (Å²) >= 11 is 0. The fraction of sp³-hybridized carbons (Fsp3) is 0.538. The first-order chi connectivity index (χ1) is 8.15. The van der Waals surface area contributed by atoms with E-state index in [1.54, 1.807) is 6.92 Å². The Morgan fingerprint density at radius 3 is 2.71 bits per heavy atom. The molecular weight excluding hydrogens is 223 g/mol. The average Bonchev–Trinajstić information content (AvgIpc) is 2.30. The summed E-state index contributed by atoms with van der Waals surface area (Å²) < 4.78 is 18.5. The maximum Gasteiger partial charge on any atom is 0.125 e. The minimum atomic E-state index is -0.752. The van der Waals surface area contributed by atoms with E-state index >= 15 is 0 Å². The second kappa shape index (κ2) is 7.25. The van der Waals surface area contributed by atoms with Crippen molar-refractivity contribution in [2.24, 2.45) is 0 Å². The molecule has 0 bridgehead atoms. The van der Waals surface area contributed by atoms with E-state index in [-0.39, 0.29) is 12.4 Å². The van der Waals surface area contributed by atoms with Gasteiger partial charge in [-0.1, -0.05) is 0 Å². The molecule has 0 aliphatic carbocycles. The Morgan fingerprint density at radius 2 is 2.06 bits per heavy atom. The number of unbranched alkanes of at least 4 members (excludes halogenated alkanes) is 2. The highest BCUT2D eigenvalue weighted by Gasteiger charge is 2.10. The number of aliphatic hydroxyl groups excluding tert-OH is 2. The molecule has 0 unspecified atom stereocenters. The first kappa shape index (κ1) is 13.9. The normalized spacial score (nSPS) is 12.5. The van der Waals surface area contributed by atoms with Crippen molar-refractivity contribution < 1.29 is 19.3 Å². The first-order valence-electron chi connectivity index (χ1n) is 5.86. The molecule has 0 radical (unpaired) electrons. The highest BCUT2D eigenvalue weighted by molar-refractivity contribution is 5.35. The molecule has 0 heterocycles. The zero-order valence-corrected chi connectivity index (χ0v) is 10.0. The van der Waals surface area contributed by atoms with Gasteiger partial charge in [-0.05, 0) is 44.4 Å². The van der Waals surface area contributed by atoms with E-state index in [2.05, 4.69) is 0 Å². The van der Waals surface area contributed by atoms with Gasteiger partial charge in [-0.25, -0.2) is 4.39 Å². The van der Waals surface area contributed by atoms with Gasteiger partial charge in [0.05, 0.1) is 12.7 Å². The summed E-state index contributed by atoms with van der Waals surface area (Å²) in [6, 6.07) is 4.13. The van der Waals surface area contributed by atoms with Crippen LogP contribution in [0.25, 0.3) is 0 Å². The molecule has 17 heavy (non-hydrogen) atoms. The molecule has 2 N–H and O–H groups in total. The fourth-order valence-corrected chi connectivity index (χ4v) is 1.55. The summed E-state index contributed by atoms with van der Waals surface area (Å²) in [4.78, 5) is 0. The molecule has 0 aliphatic heterocycles. The lowest BCUT2D eigenvalue weighted by Crippen LogP contribution is -2.03. The number of ether oxygens (including phenoxy) is 1. The third-order valence-corrected chi connectivity index (χ3v) is 2.48. The fourth-order valence-electron chi connectivity index (χ4n) is 1.55. The number of hydrogen-bond acceptors (Lipinski definition) is 3. The molecular formula is C13H19FO3. The number of hydrogen-bond donors (Lipinski definition) is 2. The third-order valence-electron chi connectivity index (χ3n) is 2.48. The Balaban J connectivity index is 2.52. The van der Waals surface area contributed by atoms with E-state index in [0.29, 0.717) is 17.9 Å². The van der Waals surface area contributed by atoms with Crippen LogP contribution in [0.15, 0.2) is 18.2 Å². The Bertz CT molecular complexity index is 339. The standard InChI is InChI=1S/C13H19FO3/c1-10(16)12-9-11(14)5-6-13(12)17-8-4-2-3-7-15/h5-6,9-10,15-16H,2-4,7-8H2,1H3/t10-/m0/s1. The molecule has 3 nitrogen and oxygen atoms in total. The molecule has 0 saturated carbocycles. The van der Waals surface area contributed by atoms with Gasteiger partial charge in [0.15, 0.2) is 0 Å². The Kier molecular flexibility index (Phi) is 5.94. The van der Waals surface area contributed by atoms with Crippen LogP contribution in [0.3, 0.4) is 0 Å². The van der Waals surface area contributed by atoms with Crippen LogP contribution in [0.2, 0.25) is 0 Å². The van der Waals surface area contributed by atoms with Gasteiger partial charge >= 0.3 is 0 Å². The van der Waals surface area contributed by atoms with Crippen LogP contribution in [0.1, 0.15) is 37.9 Å². The molecule has 0 aliphatic rings. The molecule has 1 atom stereocenters. The van der Waals surface area contributed by atoms with Crippen molar-refractivity contribution in [1.82, 2.24) is 0 Å². The summed E-state index contributed by atoms with van der Waals surface area (Å²) in [7, 11) is 0. The molecule has 0 saturated heterocycles. The maximum absolute atomic E-state index is 13.0. The first-order valence-corrected chi connectivity index (χ1v) is 5.86. The van der Waals surface area contributed by atoms with Crippen LogP contribution in [-0.2, 0) is 0 Å². The average molecular weight is 242 g/mol. The van der Waals surface area contributed by atoms with E-state index in [1.807, 2.05) is 0 Å². The molecule has 1 aromatic carbocycles. The quantitative estimate of drug-likeness (QED) is 0.722. The van der Waals surface area contributed by atoms with Crippen LogP contribution in [0.5, 0.6) is 5.75 Å². The van der Waals surface area contributed by atoms with Crippen molar-refractivity contribution in [2.45, 2.75) is 32.3 Å². The summed E-state index contributed by atoms with van der Waals surface area (Å²) in [6.07, 6.45) is 1.73. The molecule has 96 valence electrons. The Hall–Kier alpha value is -1.13. The minimum Gasteiger partial charge on any atom is -0.493 e. The van der Waals surface area contributed by atoms with Crippen molar-refractivity contribution in [3.05, 3.63) is 29.6 Å². The predicted octanol–water partition coefficient (Wildman–Crippen LogP) is 2.42. The van der Waals surface area contributed by atoms with Crippen molar-refractivity contribution in [3.8, 4) is 5.75 Å². The van der Waals surface area contributed by atoms with Gasteiger partial charge in [0.2, 0.25) is 0 Å². The summed E-state index contributed by atoms with van der Waals surface area (Å²) in [5, 5.41) is 18.1. The summed E-state index contributed by atoms with van der Waals surface area (Å²) in [6.45, 7) is 2.27. The number of halogens is 1. The monoisotopic (exact) mass is 242 g/mol. The second-order valence-corrected chi connectivity index (χ2v) is 3.99. The molecule has 1 aromatic rings. The highest BCUT2D eigenvalue weighted by atomic mass is 19.1. The summed E-state index contributed by atoms with van der Waals surface area (Å²) in [5.41, 5.74) is 0.465. The number of aliphatic hydroxyl groups is 2. The predicted molar refractivity (Wildman–Crippen MR) is 63.5 cm³/mol. The maximum atomic E-state index is 13.0. The number of rotatable bonds is 7. The number of benzene rings is 1. The zero-order valence-electron chi connectivity index (χ0n) is 10.0. The Labute approximate surface area is 101 Å². The van der Waals surface area contributed by atoms with E-state index in [9.17, 15) is 9.50 Å². The van der Waals surface area contributed by atoms with Crippen LogP contribution < -0.4 is 4.74 Å². The van der Waals surface area contributed by atoms with Gasteiger partial charge in [-0.15, -0.1) is 0 Å². The Morgan fingerprint density at radius 1 is 1.29 bits per heavy atom. The van der Waals surface area contributed by atoms with E-state index in [4.69, 9.17) is 9.84 Å². The van der Waals surface area contributed by atoms with Crippen molar-refractivity contribution >= 4 is 0 Å².